The number of phenols is 1. The Hall–Kier alpha value is -1.59. The largest absolute Gasteiger partial charge is 0.506 e. The predicted molar refractivity (Wildman–Crippen MR) is 90.4 cm³/mol. The first-order valence-electron chi connectivity index (χ1n) is 6.27. The third kappa shape index (κ3) is 2.63. The number of hydrogen-bond donors (Lipinski definition) is 2. The zero-order chi connectivity index (χ0) is 15.1. The molecule has 3 nitrogen and oxygen atoms in total. The predicted octanol–water partition coefficient (Wildman–Crippen LogP) is 4.32. The van der Waals surface area contributed by atoms with E-state index in [1.165, 1.54) is 0 Å². The lowest BCUT2D eigenvalue weighted by molar-refractivity contribution is 0.104. The first-order chi connectivity index (χ1) is 9.95. The summed E-state index contributed by atoms with van der Waals surface area (Å²) >= 11 is 6.58. The Bertz CT molecular complexity index is 774. The highest BCUT2D eigenvalue weighted by Crippen LogP contribution is 2.35. The third-order valence-electron chi connectivity index (χ3n) is 3.43. The minimum absolute atomic E-state index is 0.0327. The van der Waals surface area contributed by atoms with Crippen LogP contribution >= 0.6 is 31.9 Å². The molecule has 21 heavy (non-hydrogen) atoms. The summed E-state index contributed by atoms with van der Waals surface area (Å²) in [6.45, 7) is 0. The summed E-state index contributed by atoms with van der Waals surface area (Å²) in [7, 11) is 0. The van der Waals surface area contributed by atoms with E-state index in [2.05, 4.69) is 31.9 Å². The number of nitrogen functional groups attached to an aromatic ring is 1. The van der Waals surface area contributed by atoms with E-state index in [1.54, 1.807) is 24.3 Å². The van der Waals surface area contributed by atoms with E-state index in [9.17, 15) is 9.90 Å². The number of benzene rings is 2. The lowest BCUT2D eigenvalue weighted by Crippen LogP contribution is -1.95. The molecule has 2 aromatic rings. The first-order valence-corrected chi connectivity index (χ1v) is 7.86. The molecular weight excluding hydrogens is 398 g/mol. The van der Waals surface area contributed by atoms with Crippen molar-refractivity contribution in [1.82, 2.24) is 0 Å². The molecule has 0 radical (unpaired) electrons. The van der Waals surface area contributed by atoms with Crippen LogP contribution in [0.4, 0.5) is 5.69 Å². The maximum atomic E-state index is 12.4. The molecule has 5 heteroatoms. The zero-order valence-electron chi connectivity index (χ0n) is 10.9. The normalized spacial score (nSPS) is 15.5. The fourth-order valence-electron chi connectivity index (χ4n) is 2.43. The van der Waals surface area contributed by atoms with Gasteiger partial charge in [-0.15, -0.1) is 0 Å². The van der Waals surface area contributed by atoms with Crippen LogP contribution in [-0.2, 0) is 6.42 Å². The molecule has 0 fully saturated rings. The summed E-state index contributed by atoms with van der Waals surface area (Å²) in [5, 5.41) is 9.72. The number of carbonyl (C=O) groups excluding carboxylic acids is 1. The van der Waals surface area contributed by atoms with Gasteiger partial charge in [-0.3, -0.25) is 4.79 Å². The van der Waals surface area contributed by atoms with Crippen molar-refractivity contribution in [3.05, 3.63) is 61.5 Å². The van der Waals surface area contributed by atoms with E-state index in [4.69, 9.17) is 5.73 Å². The second kappa shape index (κ2) is 5.31. The second-order valence-corrected chi connectivity index (χ2v) is 6.63. The Morgan fingerprint density at radius 2 is 1.81 bits per heavy atom. The molecule has 3 rings (SSSR count). The molecule has 0 aromatic heterocycles. The molecule has 3 N–H and O–H groups in total. The molecular formula is C16H11Br2NO2. The molecule has 106 valence electrons. The minimum Gasteiger partial charge on any atom is -0.506 e. The van der Waals surface area contributed by atoms with Crippen LogP contribution in [0.15, 0.2) is 44.9 Å². The van der Waals surface area contributed by atoms with Crippen LogP contribution in [0.5, 0.6) is 5.75 Å². The van der Waals surface area contributed by atoms with Gasteiger partial charge in [0.15, 0.2) is 5.78 Å². The van der Waals surface area contributed by atoms with Crippen molar-refractivity contribution >= 4 is 49.4 Å². The van der Waals surface area contributed by atoms with E-state index in [0.717, 1.165) is 16.7 Å². The molecule has 0 saturated carbocycles. The van der Waals surface area contributed by atoms with Crippen LogP contribution in [0, 0.1) is 0 Å². The van der Waals surface area contributed by atoms with Gasteiger partial charge in [-0.05, 0) is 79.4 Å². The molecule has 1 aliphatic rings. The minimum atomic E-state index is 0.0327. The number of allylic oxidation sites excluding steroid dienone is 1. The van der Waals surface area contributed by atoms with Gasteiger partial charge in [0.2, 0.25) is 0 Å². The molecule has 0 aliphatic heterocycles. The summed E-state index contributed by atoms with van der Waals surface area (Å²) < 4.78 is 1.16. The molecule has 0 atom stereocenters. The number of ketones is 1. The monoisotopic (exact) mass is 407 g/mol. The summed E-state index contributed by atoms with van der Waals surface area (Å²) in [6, 6.07) is 8.91. The van der Waals surface area contributed by atoms with Crippen LogP contribution in [0.1, 0.15) is 21.5 Å². The quantitative estimate of drug-likeness (QED) is 0.545. The fourth-order valence-corrected chi connectivity index (χ4v) is 3.65. The molecule has 0 unspecified atom stereocenters. The molecule has 0 amide bonds. The number of anilines is 1. The number of rotatable bonds is 1. The van der Waals surface area contributed by atoms with Gasteiger partial charge in [0, 0.05) is 23.2 Å². The number of carbonyl (C=O) groups is 1. The van der Waals surface area contributed by atoms with E-state index < -0.39 is 0 Å². The fraction of sp³-hybridized carbons (Fsp3) is 0.0625. The highest BCUT2D eigenvalue weighted by atomic mass is 79.9. The van der Waals surface area contributed by atoms with E-state index in [1.807, 2.05) is 12.1 Å². The van der Waals surface area contributed by atoms with Crippen molar-refractivity contribution in [2.45, 2.75) is 6.42 Å². The Kier molecular flexibility index (Phi) is 3.63. The lowest BCUT2D eigenvalue weighted by atomic mass is 10.1. The van der Waals surface area contributed by atoms with Crippen molar-refractivity contribution in [2.24, 2.45) is 0 Å². The van der Waals surface area contributed by atoms with E-state index >= 15 is 0 Å². The van der Waals surface area contributed by atoms with Crippen LogP contribution in [-0.4, -0.2) is 10.9 Å². The van der Waals surface area contributed by atoms with Crippen LogP contribution in [0.2, 0.25) is 0 Å². The summed E-state index contributed by atoms with van der Waals surface area (Å²) in [6.07, 6.45) is 2.42. The Labute approximate surface area is 138 Å². The molecule has 0 saturated heterocycles. The average Bonchev–Trinajstić information content (AvgIpc) is 2.72. The van der Waals surface area contributed by atoms with Gasteiger partial charge in [-0.1, -0.05) is 0 Å². The zero-order valence-corrected chi connectivity index (χ0v) is 14.0. The van der Waals surface area contributed by atoms with Crippen molar-refractivity contribution in [1.29, 1.82) is 0 Å². The van der Waals surface area contributed by atoms with Crippen molar-refractivity contribution in [3.8, 4) is 5.75 Å². The second-order valence-electron chi connectivity index (χ2n) is 4.93. The van der Waals surface area contributed by atoms with Crippen molar-refractivity contribution in [3.63, 3.8) is 0 Å². The number of Topliss-reactive ketones (excluding diaryl/α,β-unsaturated/α-hetero) is 1. The summed E-state index contributed by atoms with van der Waals surface area (Å²) in [5.41, 5.74) is 9.67. The SMILES string of the molecule is Nc1ccc2c(c1)C/C(=C\c1cc(Br)c(O)c(Br)c1)C2=O. The van der Waals surface area contributed by atoms with Crippen LogP contribution in [0.25, 0.3) is 6.08 Å². The van der Waals surface area contributed by atoms with Gasteiger partial charge in [-0.2, -0.15) is 0 Å². The number of phenolic OH excluding ortho intramolecular Hbond substituents is 1. The number of aromatic hydroxyl groups is 1. The number of fused-ring (bicyclic) bond motifs is 1. The van der Waals surface area contributed by atoms with Gasteiger partial charge >= 0.3 is 0 Å². The Morgan fingerprint density at radius 1 is 1.14 bits per heavy atom. The summed E-state index contributed by atoms with van der Waals surface area (Å²) in [4.78, 5) is 12.4. The van der Waals surface area contributed by atoms with Crippen LogP contribution < -0.4 is 5.73 Å². The topological polar surface area (TPSA) is 63.3 Å². The Morgan fingerprint density at radius 3 is 2.48 bits per heavy atom. The van der Waals surface area contributed by atoms with Gasteiger partial charge in [-0.25, -0.2) is 0 Å². The Balaban J connectivity index is 2.01. The summed E-state index contributed by atoms with van der Waals surface area (Å²) in [5.74, 6) is 0.177. The van der Waals surface area contributed by atoms with Crippen LogP contribution in [0.3, 0.4) is 0 Å². The first kappa shape index (κ1) is 14.4. The van der Waals surface area contributed by atoms with Gasteiger partial charge in [0.25, 0.3) is 0 Å². The maximum Gasteiger partial charge on any atom is 0.189 e. The molecule has 0 spiro atoms. The van der Waals surface area contributed by atoms with Gasteiger partial charge < -0.3 is 10.8 Å². The number of hydrogen-bond acceptors (Lipinski definition) is 3. The van der Waals surface area contributed by atoms with E-state index in [-0.39, 0.29) is 11.5 Å². The standard InChI is InChI=1S/C16H11Br2NO2/c17-13-4-8(5-14(18)16(13)21)3-10-6-9-7-11(19)1-2-12(9)15(10)20/h1-5,7,21H,6,19H2/b10-3+. The molecule has 2 aromatic carbocycles. The van der Waals surface area contributed by atoms with Crippen molar-refractivity contribution < 1.29 is 9.90 Å². The highest BCUT2D eigenvalue weighted by molar-refractivity contribution is 9.11. The van der Waals surface area contributed by atoms with Gasteiger partial charge in [0.05, 0.1) is 8.95 Å². The number of halogens is 2. The maximum absolute atomic E-state index is 12.4. The van der Waals surface area contributed by atoms with E-state index in [0.29, 0.717) is 26.6 Å². The molecule has 1 aliphatic carbocycles. The van der Waals surface area contributed by atoms with Crippen molar-refractivity contribution in [2.75, 3.05) is 5.73 Å². The number of nitrogens with two attached hydrogens (primary N) is 1. The molecule has 0 bridgehead atoms. The highest BCUT2D eigenvalue weighted by Gasteiger charge is 2.24. The average molecular weight is 409 g/mol. The molecule has 0 heterocycles. The van der Waals surface area contributed by atoms with Gasteiger partial charge in [0.1, 0.15) is 5.75 Å². The lowest BCUT2D eigenvalue weighted by Gasteiger charge is -2.03. The third-order valence-corrected chi connectivity index (χ3v) is 4.64. The smallest absolute Gasteiger partial charge is 0.189 e.